The van der Waals surface area contributed by atoms with Gasteiger partial charge in [-0.25, -0.2) is 9.69 Å². The van der Waals surface area contributed by atoms with Gasteiger partial charge in [0.15, 0.2) is 5.41 Å². The number of carbonyl (C=O) groups is 3. The number of carbonyl (C=O) groups excluding carboxylic acids is 3. The van der Waals surface area contributed by atoms with Crippen LogP contribution in [0.3, 0.4) is 0 Å². The van der Waals surface area contributed by atoms with Crippen LogP contribution in [-0.2, 0) is 19.7 Å². The molecule has 6 nitrogen and oxygen atoms in total. The van der Waals surface area contributed by atoms with E-state index >= 15 is 0 Å². The molecule has 1 fully saturated rings. The SMILES string of the molecule is COCN1C(=O)NC(=O)C(c2ccccc2)(c2ccccc2)C1=O.[Na]. The first kappa shape index (κ1) is 19.3. The maximum atomic E-state index is 13.2. The van der Waals surface area contributed by atoms with Gasteiger partial charge in [0, 0.05) is 36.7 Å². The summed E-state index contributed by atoms with van der Waals surface area (Å²) in [6.07, 6.45) is 0. The van der Waals surface area contributed by atoms with E-state index in [0.717, 1.165) is 4.90 Å². The summed E-state index contributed by atoms with van der Waals surface area (Å²) in [6.45, 7) is -0.237. The predicted octanol–water partition coefficient (Wildman–Crippen LogP) is 1.27. The molecule has 0 aliphatic carbocycles. The fourth-order valence-corrected chi connectivity index (χ4v) is 2.95. The molecule has 1 saturated heterocycles. The van der Waals surface area contributed by atoms with Crippen molar-refractivity contribution in [2.45, 2.75) is 5.41 Å². The Balaban J connectivity index is 0.00000225. The van der Waals surface area contributed by atoms with E-state index < -0.39 is 23.3 Å². The summed E-state index contributed by atoms with van der Waals surface area (Å²) in [6, 6.07) is 16.6. The standard InChI is InChI=1S/C18H16N2O4.Na/c1-24-12-20-16(22)18(15(21)19-17(20)23,13-8-4-2-5-9-13)14-10-6-3-7-11-14;/h2-11H,12H2,1H3,(H,19,21,23);. The molecule has 0 spiro atoms. The van der Waals surface area contributed by atoms with Crippen LogP contribution in [0.1, 0.15) is 11.1 Å². The van der Waals surface area contributed by atoms with Gasteiger partial charge in [-0.05, 0) is 11.1 Å². The van der Waals surface area contributed by atoms with E-state index in [2.05, 4.69) is 5.32 Å². The van der Waals surface area contributed by atoms with Crippen LogP contribution in [-0.4, -0.2) is 66.1 Å². The second-order valence-corrected chi connectivity index (χ2v) is 5.39. The van der Waals surface area contributed by atoms with Crippen LogP contribution in [0, 0.1) is 0 Å². The Morgan fingerprint density at radius 3 is 1.84 bits per heavy atom. The minimum atomic E-state index is -1.63. The third-order valence-electron chi connectivity index (χ3n) is 4.04. The van der Waals surface area contributed by atoms with Gasteiger partial charge in [0.25, 0.3) is 11.8 Å². The van der Waals surface area contributed by atoms with Crippen molar-refractivity contribution < 1.29 is 19.1 Å². The fourth-order valence-electron chi connectivity index (χ4n) is 2.95. The molecule has 0 aromatic heterocycles. The van der Waals surface area contributed by atoms with Gasteiger partial charge in [-0.15, -0.1) is 0 Å². The summed E-state index contributed by atoms with van der Waals surface area (Å²) in [4.78, 5) is 39.0. The fraction of sp³-hybridized carbons (Fsp3) is 0.167. The Morgan fingerprint density at radius 2 is 1.40 bits per heavy atom. The maximum absolute atomic E-state index is 13.2. The molecule has 7 heteroatoms. The van der Waals surface area contributed by atoms with Crippen molar-refractivity contribution in [1.29, 1.82) is 0 Å². The Morgan fingerprint density at radius 1 is 0.920 bits per heavy atom. The zero-order chi connectivity index (χ0) is 17.2. The number of hydrogen-bond donors (Lipinski definition) is 1. The van der Waals surface area contributed by atoms with Crippen molar-refractivity contribution in [2.24, 2.45) is 0 Å². The van der Waals surface area contributed by atoms with E-state index in [1.54, 1.807) is 60.7 Å². The minimum Gasteiger partial charge on any atom is -0.364 e. The Hall–Kier alpha value is -1.99. The number of hydrogen-bond acceptors (Lipinski definition) is 4. The van der Waals surface area contributed by atoms with Crippen molar-refractivity contribution in [3.63, 3.8) is 0 Å². The zero-order valence-corrected chi connectivity index (χ0v) is 16.1. The zero-order valence-electron chi connectivity index (χ0n) is 14.1. The number of amides is 4. The number of urea groups is 1. The second kappa shape index (κ2) is 7.93. The first-order valence-corrected chi connectivity index (χ1v) is 7.39. The molecule has 1 N–H and O–H groups in total. The molecule has 3 rings (SSSR count). The van der Waals surface area contributed by atoms with Gasteiger partial charge in [-0.3, -0.25) is 14.9 Å². The molecule has 1 radical (unpaired) electrons. The van der Waals surface area contributed by atoms with Gasteiger partial charge in [0.05, 0.1) is 0 Å². The molecule has 4 amide bonds. The van der Waals surface area contributed by atoms with E-state index in [9.17, 15) is 14.4 Å². The van der Waals surface area contributed by atoms with Crippen molar-refractivity contribution in [1.82, 2.24) is 10.2 Å². The Kier molecular flexibility index (Phi) is 6.13. The van der Waals surface area contributed by atoms with Crippen LogP contribution in [0.2, 0.25) is 0 Å². The number of nitrogens with zero attached hydrogens (tertiary/aromatic N) is 1. The molecule has 25 heavy (non-hydrogen) atoms. The summed E-state index contributed by atoms with van der Waals surface area (Å²) >= 11 is 0. The number of rotatable bonds is 4. The largest absolute Gasteiger partial charge is 0.364 e. The number of benzene rings is 2. The van der Waals surface area contributed by atoms with E-state index in [-0.39, 0.29) is 36.3 Å². The van der Waals surface area contributed by atoms with Gasteiger partial charge in [-0.1, -0.05) is 60.7 Å². The van der Waals surface area contributed by atoms with Gasteiger partial charge in [0.1, 0.15) is 6.73 Å². The second-order valence-electron chi connectivity index (χ2n) is 5.39. The third kappa shape index (κ3) is 3.14. The van der Waals surface area contributed by atoms with E-state index in [1.165, 1.54) is 7.11 Å². The van der Waals surface area contributed by atoms with Crippen LogP contribution in [0.5, 0.6) is 0 Å². The first-order chi connectivity index (χ1) is 11.6. The topological polar surface area (TPSA) is 75.7 Å². The van der Waals surface area contributed by atoms with Crippen LogP contribution < -0.4 is 5.32 Å². The summed E-state index contributed by atoms with van der Waals surface area (Å²) < 4.78 is 4.96. The van der Waals surface area contributed by atoms with Crippen LogP contribution in [0.15, 0.2) is 60.7 Å². The molecular weight excluding hydrogens is 331 g/mol. The predicted molar refractivity (Wildman–Crippen MR) is 91.7 cm³/mol. The number of barbiturate groups is 1. The first-order valence-electron chi connectivity index (χ1n) is 7.39. The Bertz CT molecular complexity index is 741. The Labute approximate surface area is 167 Å². The monoisotopic (exact) mass is 347 g/mol. The molecule has 0 atom stereocenters. The van der Waals surface area contributed by atoms with Gasteiger partial charge in [-0.2, -0.15) is 0 Å². The summed E-state index contributed by atoms with van der Waals surface area (Å²) in [5, 5.41) is 2.28. The van der Waals surface area contributed by atoms with Crippen molar-refractivity contribution >= 4 is 47.4 Å². The average Bonchev–Trinajstić information content (AvgIpc) is 2.61. The molecule has 1 aliphatic heterocycles. The van der Waals surface area contributed by atoms with Crippen LogP contribution in [0.25, 0.3) is 0 Å². The van der Waals surface area contributed by atoms with Crippen LogP contribution in [0.4, 0.5) is 4.79 Å². The van der Waals surface area contributed by atoms with Gasteiger partial charge in [0.2, 0.25) is 0 Å². The third-order valence-corrected chi connectivity index (χ3v) is 4.04. The number of ether oxygens (including phenoxy) is 1. The average molecular weight is 347 g/mol. The van der Waals surface area contributed by atoms with E-state index in [4.69, 9.17) is 4.74 Å². The summed E-state index contributed by atoms with van der Waals surface area (Å²) in [5.74, 6) is -1.29. The quantitative estimate of drug-likeness (QED) is 0.668. The van der Waals surface area contributed by atoms with Gasteiger partial charge >= 0.3 is 6.03 Å². The smallest absolute Gasteiger partial charge is 0.332 e. The molecule has 123 valence electrons. The van der Waals surface area contributed by atoms with E-state index in [1.807, 2.05) is 0 Å². The van der Waals surface area contributed by atoms with Crippen LogP contribution >= 0.6 is 0 Å². The number of nitrogens with one attached hydrogen (secondary N) is 1. The normalized spacial score (nSPS) is 16.2. The van der Waals surface area contributed by atoms with Crippen molar-refractivity contribution in [3.05, 3.63) is 71.8 Å². The van der Waals surface area contributed by atoms with Crippen molar-refractivity contribution in [3.8, 4) is 0 Å². The van der Waals surface area contributed by atoms with Crippen molar-refractivity contribution in [2.75, 3.05) is 13.8 Å². The number of methoxy groups -OCH3 is 1. The molecule has 2 aromatic carbocycles. The van der Waals surface area contributed by atoms with E-state index in [0.29, 0.717) is 11.1 Å². The number of imide groups is 2. The minimum absolute atomic E-state index is 0. The molecule has 1 aliphatic rings. The summed E-state index contributed by atoms with van der Waals surface area (Å²) in [5.41, 5.74) is -0.644. The molecule has 0 saturated carbocycles. The summed E-state index contributed by atoms with van der Waals surface area (Å²) in [7, 11) is 1.38. The molecular formula is C18H16N2NaO4. The molecule has 2 aromatic rings. The maximum Gasteiger partial charge on any atom is 0.332 e. The van der Waals surface area contributed by atoms with Gasteiger partial charge < -0.3 is 4.74 Å². The molecule has 0 bridgehead atoms. The molecule has 0 unspecified atom stereocenters. The molecule has 1 heterocycles.